The van der Waals surface area contributed by atoms with Crippen molar-refractivity contribution >= 4 is 34.2 Å². The van der Waals surface area contributed by atoms with E-state index in [2.05, 4.69) is 33.5 Å². The van der Waals surface area contributed by atoms with Gasteiger partial charge in [-0.2, -0.15) is 0 Å². The highest BCUT2D eigenvalue weighted by molar-refractivity contribution is 9.10. The minimum absolute atomic E-state index is 0.0978. The van der Waals surface area contributed by atoms with Crippen molar-refractivity contribution in [2.24, 2.45) is 5.92 Å². The van der Waals surface area contributed by atoms with Crippen LogP contribution in [0.5, 0.6) is 5.75 Å². The van der Waals surface area contributed by atoms with Gasteiger partial charge in [-0.3, -0.25) is 14.9 Å². The molecule has 0 aliphatic heterocycles. The molecule has 0 spiro atoms. The van der Waals surface area contributed by atoms with Crippen LogP contribution in [0.15, 0.2) is 22.7 Å². The number of ether oxygens (including phenoxy) is 1. The average molecular weight is 397 g/mol. The number of carbonyl (C=O) groups is 3. The molecule has 0 aromatic heterocycles. The van der Waals surface area contributed by atoms with Gasteiger partial charge < -0.3 is 10.1 Å². The Morgan fingerprint density at radius 1 is 1.33 bits per heavy atom. The molecule has 2 atom stereocenters. The fraction of sp³-hybridized carbons (Fsp3) is 0.471. The second-order valence-corrected chi connectivity index (χ2v) is 6.89. The van der Waals surface area contributed by atoms with E-state index < -0.39 is 11.9 Å². The highest BCUT2D eigenvalue weighted by Crippen LogP contribution is 2.23. The van der Waals surface area contributed by atoms with Crippen LogP contribution in [0.25, 0.3) is 0 Å². The summed E-state index contributed by atoms with van der Waals surface area (Å²) in [5.74, 6) is 0.147. The maximum atomic E-state index is 11.9. The molecule has 1 aromatic rings. The summed E-state index contributed by atoms with van der Waals surface area (Å²) >= 11 is 3.26. The van der Waals surface area contributed by atoms with Crippen LogP contribution in [0.3, 0.4) is 0 Å². The molecule has 1 fully saturated rings. The smallest absolute Gasteiger partial charge is 0.321 e. The molecular formula is C17H21BrN2O4. The fourth-order valence-corrected chi connectivity index (χ4v) is 3.16. The van der Waals surface area contributed by atoms with E-state index in [4.69, 9.17) is 4.74 Å². The molecule has 2 rings (SSSR count). The third-order valence-corrected chi connectivity index (χ3v) is 4.63. The van der Waals surface area contributed by atoms with Gasteiger partial charge in [0.1, 0.15) is 5.75 Å². The number of imide groups is 1. The SMILES string of the molecule is C[C@@H]1CCCC[C@@H]1NC(=O)NC(=O)COc1ccc(Br)cc1C=O. The minimum atomic E-state index is -0.560. The van der Waals surface area contributed by atoms with Gasteiger partial charge in [0.2, 0.25) is 0 Å². The van der Waals surface area contributed by atoms with Gasteiger partial charge in [0.15, 0.2) is 12.9 Å². The zero-order valence-corrected chi connectivity index (χ0v) is 15.1. The number of amides is 3. The lowest BCUT2D eigenvalue weighted by Crippen LogP contribution is -2.48. The first-order valence-electron chi connectivity index (χ1n) is 7.97. The monoisotopic (exact) mass is 396 g/mol. The topological polar surface area (TPSA) is 84.5 Å². The molecule has 1 aliphatic rings. The number of nitrogens with one attached hydrogen (secondary N) is 2. The highest BCUT2D eigenvalue weighted by Gasteiger charge is 2.23. The minimum Gasteiger partial charge on any atom is -0.483 e. The van der Waals surface area contributed by atoms with Crippen molar-refractivity contribution in [3.05, 3.63) is 28.2 Å². The molecular weight excluding hydrogens is 376 g/mol. The summed E-state index contributed by atoms with van der Waals surface area (Å²) in [5, 5.41) is 5.09. The van der Waals surface area contributed by atoms with E-state index in [1.165, 1.54) is 6.42 Å². The molecule has 1 aliphatic carbocycles. The van der Waals surface area contributed by atoms with E-state index in [1.54, 1.807) is 18.2 Å². The Morgan fingerprint density at radius 2 is 2.08 bits per heavy atom. The molecule has 3 amide bonds. The summed E-state index contributed by atoms with van der Waals surface area (Å²) in [6.45, 7) is 1.76. The summed E-state index contributed by atoms with van der Waals surface area (Å²) < 4.78 is 6.05. The molecule has 0 radical (unpaired) electrons. The maximum absolute atomic E-state index is 11.9. The molecule has 0 unspecified atom stereocenters. The largest absolute Gasteiger partial charge is 0.483 e. The predicted octanol–water partition coefficient (Wildman–Crippen LogP) is 3.04. The van der Waals surface area contributed by atoms with Gasteiger partial charge in [-0.05, 0) is 37.0 Å². The lowest BCUT2D eigenvalue weighted by molar-refractivity contribution is -0.122. The molecule has 1 saturated carbocycles. The van der Waals surface area contributed by atoms with Crippen LogP contribution in [0.2, 0.25) is 0 Å². The van der Waals surface area contributed by atoms with Crippen molar-refractivity contribution in [1.82, 2.24) is 10.6 Å². The lowest BCUT2D eigenvalue weighted by Gasteiger charge is -2.29. The van der Waals surface area contributed by atoms with E-state index in [0.29, 0.717) is 23.5 Å². The summed E-state index contributed by atoms with van der Waals surface area (Å²) in [6.07, 6.45) is 4.93. The van der Waals surface area contributed by atoms with Crippen molar-refractivity contribution in [2.45, 2.75) is 38.6 Å². The van der Waals surface area contributed by atoms with E-state index in [9.17, 15) is 14.4 Å². The lowest BCUT2D eigenvalue weighted by atomic mass is 9.86. The number of benzene rings is 1. The fourth-order valence-electron chi connectivity index (χ4n) is 2.78. The Kier molecular flexibility index (Phi) is 6.78. The highest BCUT2D eigenvalue weighted by atomic mass is 79.9. The van der Waals surface area contributed by atoms with Crippen LogP contribution in [0.4, 0.5) is 4.79 Å². The van der Waals surface area contributed by atoms with Crippen LogP contribution in [-0.4, -0.2) is 30.9 Å². The van der Waals surface area contributed by atoms with Crippen molar-refractivity contribution in [3.63, 3.8) is 0 Å². The quantitative estimate of drug-likeness (QED) is 0.748. The molecule has 0 bridgehead atoms. The Bertz CT molecular complexity index is 621. The number of hydrogen-bond donors (Lipinski definition) is 2. The van der Waals surface area contributed by atoms with Crippen LogP contribution in [0, 0.1) is 5.92 Å². The zero-order chi connectivity index (χ0) is 17.5. The van der Waals surface area contributed by atoms with Gasteiger partial charge in [0.25, 0.3) is 5.91 Å². The predicted molar refractivity (Wildman–Crippen MR) is 93.1 cm³/mol. The molecule has 2 N–H and O–H groups in total. The Balaban J connectivity index is 1.80. The molecule has 130 valence electrons. The standard InChI is InChI=1S/C17H21BrN2O4/c1-11-4-2-3-5-14(11)19-17(23)20-16(22)10-24-15-7-6-13(18)8-12(15)9-21/h6-9,11,14H,2-5,10H2,1H3,(H2,19,20,22,23)/t11-,14+/m1/s1. The third kappa shape index (κ3) is 5.33. The number of aldehydes is 1. The van der Waals surface area contributed by atoms with Gasteiger partial charge >= 0.3 is 6.03 Å². The van der Waals surface area contributed by atoms with E-state index in [1.807, 2.05) is 0 Å². The van der Waals surface area contributed by atoms with Gasteiger partial charge in [0.05, 0.1) is 5.56 Å². The van der Waals surface area contributed by atoms with Crippen LogP contribution in [0.1, 0.15) is 43.0 Å². The Labute approximate surface area is 149 Å². The van der Waals surface area contributed by atoms with Crippen molar-refractivity contribution in [1.29, 1.82) is 0 Å². The number of urea groups is 1. The van der Waals surface area contributed by atoms with Crippen molar-refractivity contribution in [2.75, 3.05) is 6.61 Å². The van der Waals surface area contributed by atoms with Crippen LogP contribution >= 0.6 is 15.9 Å². The molecule has 0 saturated heterocycles. The molecule has 24 heavy (non-hydrogen) atoms. The Hall–Kier alpha value is -1.89. The first-order chi connectivity index (χ1) is 11.5. The summed E-state index contributed by atoms with van der Waals surface area (Å²) in [4.78, 5) is 34.7. The van der Waals surface area contributed by atoms with Gasteiger partial charge in [-0.25, -0.2) is 4.79 Å². The normalized spacial score (nSPS) is 20.1. The van der Waals surface area contributed by atoms with E-state index in [0.717, 1.165) is 23.7 Å². The summed E-state index contributed by atoms with van der Waals surface area (Å²) in [6, 6.07) is 4.48. The number of rotatable bonds is 5. The van der Waals surface area contributed by atoms with Gasteiger partial charge in [0, 0.05) is 10.5 Å². The second-order valence-electron chi connectivity index (χ2n) is 5.98. The number of hydrogen-bond acceptors (Lipinski definition) is 4. The molecule has 7 heteroatoms. The second kappa shape index (κ2) is 8.82. The molecule has 1 aromatic carbocycles. The van der Waals surface area contributed by atoms with Crippen molar-refractivity contribution in [3.8, 4) is 5.75 Å². The van der Waals surface area contributed by atoms with Crippen LogP contribution < -0.4 is 15.4 Å². The number of carbonyl (C=O) groups excluding carboxylic acids is 3. The maximum Gasteiger partial charge on any atom is 0.321 e. The van der Waals surface area contributed by atoms with Crippen LogP contribution in [-0.2, 0) is 4.79 Å². The third-order valence-electron chi connectivity index (χ3n) is 4.14. The van der Waals surface area contributed by atoms with Gasteiger partial charge in [-0.15, -0.1) is 0 Å². The molecule has 0 heterocycles. The first-order valence-corrected chi connectivity index (χ1v) is 8.76. The van der Waals surface area contributed by atoms with Gasteiger partial charge in [-0.1, -0.05) is 35.7 Å². The van der Waals surface area contributed by atoms with Crippen molar-refractivity contribution < 1.29 is 19.1 Å². The number of halogens is 1. The summed E-state index contributed by atoms with van der Waals surface area (Å²) in [7, 11) is 0. The zero-order valence-electron chi connectivity index (χ0n) is 13.5. The molecule has 6 nitrogen and oxygen atoms in total. The summed E-state index contributed by atoms with van der Waals surface area (Å²) in [5.41, 5.74) is 0.331. The first kappa shape index (κ1) is 18.4. The van der Waals surface area contributed by atoms with E-state index in [-0.39, 0.29) is 12.6 Å². The average Bonchev–Trinajstić information content (AvgIpc) is 2.55. The Morgan fingerprint density at radius 3 is 2.79 bits per heavy atom. The van der Waals surface area contributed by atoms with E-state index >= 15 is 0 Å².